The molecule has 2 aliphatic heterocycles. The van der Waals surface area contributed by atoms with Gasteiger partial charge in [0.1, 0.15) is 13.1 Å². The molecule has 2 heteroatoms. The maximum atomic E-state index is 3.57. The third kappa shape index (κ3) is 3.26. The highest BCUT2D eigenvalue weighted by atomic mass is 15.0. The largest absolute Gasteiger partial charge is 0.245 e. The van der Waals surface area contributed by atoms with E-state index in [-0.39, 0.29) is 0 Å². The zero-order valence-corrected chi connectivity index (χ0v) is 13.5. The molecule has 0 aliphatic carbocycles. The van der Waals surface area contributed by atoms with Crippen LogP contribution in [0.25, 0.3) is 0 Å². The van der Waals surface area contributed by atoms with E-state index < -0.39 is 0 Å². The van der Waals surface area contributed by atoms with Crippen molar-refractivity contribution in [3.8, 4) is 0 Å². The predicted octanol–water partition coefficient (Wildman–Crippen LogP) is 1.58. The topological polar surface area (TPSA) is 17.0 Å². The maximum absolute atomic E-state index is 3.57. The third-order valence-electron chi connectivity index (χ3n) is 5.04. The average Bonchev–Trinajstić information content (AvgIpc) is 2.61. The molecule has 23 heavy (non-hydrogen) atoms. The van der Waals surface area contributed by atoms with Gasteiger partial charge >= 0.3 is 0 Å². The maximum Gasteiger partial charge on any atom is 0.170 e. The molecule has 2 aromatic carbocycles. The SMILES string of the molecule is C1=[NH+]C(CCC[N+]2=Cc3ccccc3CC2)Cc2ccccc21. The van der Waals surface area contributed by atoms with Crippen molar-refractivity contribution >= 4 is 12.4 Å². The normalized spacial score (nSPS) is 19.0. The van der Waals surface area contributed by atoms with Crippen LogP contribution in [0, 0.1) is 0 Å². The molecule has 0 spiro atoms. The molecule has 1 atom stereocenters. The summed E-state index contributed by atoms with van der Waals surface area (Å²) in [7, 11) is 0. The number of hydrogen-bond acceptors (Lipinski definition) is 0. The standard InChI is InChI=1S/C21H23N2/c1-4-9-20-16-23(13-11-17(20)6-1)12-5-10-21-14-18-7-2-3-8-19(18)15-22-21/h1-4,6-9,15-16,21H,5,10-14H2/q+1/p+1. The van der Waals surface area contributed by atoms with Gasteiger partial charge in [-0.15, -0.1) is 0 Å². The average molecular weight is 304 g/mol. The number of fused-ring (bicyclic) bond motifs is 2. The van der Waals surface area contributed by atoms with Crippen molar-refractivity contribution in [2.45, 2.75) is 31.7 Å². The summed E-state index contributed by atoms with van der Waals surface area (Å²) in [5, 5.41) is 0. The van der Waals surface area contributed by atoms with E-state index in [0.717, 1.165) is 19.5 Å². The van der Waals surface area contributed by atoms with Crippen LogP contribution in [0.15, 0.2) is 48.5 Å². The number of rotatable bonds is 4. The van der Waals surface area contributed by atoms with Crippen LogP contribution in [0.3, 0.4) is 0 Å². The molecule has 2 aromatic rings. The molecule has 0 radical (unpaired) electrons. The second-order valence-electron chi connectivity index (χ2n) is 6.67. The molecule has 2 aliphatic rings. The van der Waals surface area contributed by atoms with Gasteiger partial charge in [0, 0.05) is 36.8 Å². The quantitative estimate of drug-likeness (QED) is 0.826. The molecular weight excluding hydrogens is 280 g/mol. The van der Waals surface area contributed by atoms with Gasteiger partial charge in [-0.3, -0.25) is 0 Å². The van der Waals surface area contributed by atoms with Crippen LogP contribution in [0.1, 0.15) is 35.1 Å². The monoisotopic (exact) mass is 304 g/mol. The Morgan fingerprint density at radius 1 is 0.957 bits per heavy atom. The van der Waals surface area contributed by atoms with Gasteiger partial charge in [0.15, 0.2) is 18.5 Å². The van der Waals surface area contributed by atoms with Gasteiger partial charge in [0.25, 0.3) is 0 Å². The smallest absolute Gasteiger partial charge is 0.170 e. The molecule has 0 bridgehead atoms. The number of nitrogens with one attached hydrogen (secondary N) is 1. The van der Waals surface area contributed by atoms with Crippen molar-refractivity contribution in [2.24, 2.45) is 0 Å². The molecule has 4 rings (SSSR count). The van der Waals surface area contributed by atoms with Crippen LogP contribution in [-0.2, 0) is 12.8 Å². The molecule has 0 aromatic heterocycles. The lowest BCUT2D eigenvalue weighted by Crippen LogP contribution is -2.78. The highest BCUT2D eigenvalue weighted by Gasteiger charge is 2.21. The van der Waals surface area contributed by atoms with Crippen LogP contribution in [-0.4, -0.2) is 36.1 Å². The first-order valence-corrected chi connectivity index (χ1v) is 8.72. The first-order chi connectivity index (χ1) is 11.4. The summed E-state index contributed by atoms with van der Waals surface area (Å²) in [6.07, 6.45) is 9.33. The molecule has 0 saturated carbocycles. The van der Waals surface area contributed by atoms with Crippen molar-refractivity contribution in [1.29, 1.82) is 0 Å². The van der Waals surface area contributed by atoms with Crippen LogP contribution >= 0.6 is 0 Å². The highest BCUT2D eigenvalue weighted by Crippen LogP contribution is 2.13. The number of nitrogens with zero attached hydrogens (tertiary/aromatic N) is 1. The van der Waals surface area contributed by atoms with Gasteiger partial charge in [0.05, 0.1) is 0 Å². The fourth-order valence-electron chi connectivity index (χ4n) is 3.71. The lowest BCUT2D eigenvalue weighted by atomic mass is 9.95. The van der Waals surface area contributed by atoms with Crippen molar-refractivity contribution in [1.82, 2.24) is 0 Å². The molecule has 2 heterocycles. The zero-order valence-electron chi connectivity index (χ0n) is 13.5. The molecule has 116 valence electrons. The summed E-state index contributed by atoms with van der Waals surface area (Å²) >= 11 is 0. The van der Waals surface area contributed by atoms with Crippen LogP contribution in [0.4, 0.5) is 0 Å². The molecule has 2 nitrogen and oxygen atoms in total. The Morgan fingerprint density at radius 2 is 1.74 bits per heavy atom. The van der Waals surface area contributed by atoms with E-state index in [9.17, 15) is 0 Å². The van der Waals surface area contributed by atoms with E-state index >= 15 is 0 Å². The lowest BCUT2D eigenvalue weighted by Gasteiger charge is -2.15. The van der Waals surface area contributed by atoms with Gasteiger partial charge < -0.3 is 0 Å². The van der Waals surface area contributed by atoms with Gasteiger partial charge in [-0.25, -0.2) is 9.57 Å². The molecule has 0 fully saturated rings. The number of hydrogen-bond donors (Lipinski definition) is 1. The van der Waals surface area contributed by atoms with Gasteiger partial charge in [-0.2, -0.15) is 0 Å². The summed E-state index contributed by atoms with van der Waals surface area (Å²) in [6.45, 7) is 2.32. The lowest BCUT2D eigenvalue weighted by molar-refractivity contribution is -0.530. The highest BCUT2D eigenvalue weighted by molar-refractivity contribution is 5.79. The second kappa shape index (κ2) is 6.49. The summed E-state index contributed by atoms with van der Waals surface area (Å²) in [6, 6.07) is 18.1. The summed E-state index contributed by atoms with van der Waals surface area (Å²) in [4.78, 5) is 3.57. The van der Waals surface area contributed by atoms with Crippen LogP contribution in [0.5, 0.6) is 0 Å². The first-order valence-electron chi connectivity index (χ1n) is 8.72. The molecule has 0 saturated heterocycles. The Morgan fingerprint density at radius 3 is 2.65 bits per heavy atom. The Kier molecular flexibility index (Phi) is 4.06. The summed E-state index contributed by atoms with van der Waals surface area (Å²) in [5.74, 6) is 0. The van der Waals surface area contributed by atoms with Crippen LogP contribution in [0.2, 0.25) is 0 Å². The summed E-state index contributed by atoms with van der Waals surface area (Å²) < 4.78 is 2.49. The van der Waals surface area contributed by atoms with Gasteiger partial charge in [-0.05, 0) is 23.3 Å². The van der Waals surface area contributed by atoms with E-state index in [0.29, 0.717) is 6.04 Å². The van der Waals surface area contributed by atoms with E-state index in [4.69, 9.17) is 0 Å². The molecule has 1 N–H and O–H groups in total. The Balaban J connectivity index is 1.33. The van der Waals surface area contributed by atoms with Gasteiger partial charge in [0.2, 0.25) is 0 Å². The Hall–Kier alpha value is -2.22. The van der Waals surface area contributed by atoms with E-state index in [2.05, 4.69) is 70.5 Å². The second-order valence-corrected chi connectivity index (χ2v) is 6.67. The van der Waals surface area contributed by atoms with Crippen LogP contribution < -0.4 is 4.99 Å². The first kappa shape index (κ1) is 14.4. The van der Waals surface area contributed by atoms with Crippen molar-refractivity contribution in [2.75, 3.05) is 13.1 Å². The van der Waals surface area contributed by atoms with E-state index in [1.165, 1.54) is 41.5 Å². The molecule has 0 amide bonds. The predicted molar refractivity (Wildman–Crippen MR) is 94.6 cm³/mol. The minimum absolute atomic E-state index is 0.585. The fourth-order valence-corrected chi connectivity index (χ4v) is 3.71. The fraction of sp³-hybridized carbons (Fsp3) is 0.333. The van der Waals surface area contributed by atoms with E-state index in [1.807, 2.05) is 0 Å². The van der Waals surface area contributed by atoms with E-state index in [1.54, 1.807) is 0 Å². The zero-order chi connectivity index (χ0) is 15.5. The third-order valence-corrected chi connectivity index (χ3v) is 5.04. The van der Waals surface area contributed by atoms with Crippen molar-refractivity contribution < 1.29 is 9.57 Å². The Bertz CT molecular complexity index is 758. The Labute approximate surface area is 138 Å². The summed E-state index contributed by atoms with van der Waals surface area (Å²) in [5.41, 5.74) is 5.72. The molecular formula is C21H24N2+2. The minimum atomic E-state index is 0.585. The minimum Gasteiger partial charge on any atom is -0.245 e. The number of benzene rings is 2. The van der Waals surface area contributed by atoms with Crippen molar-refractivity contribution in [3.63, 3.8) is 0 Å². The van der Waals surface area contributed by atoms with Crippen molar-refractivity contribution in [3.05, 3.63) is 70.8 Å². The molecule has 1 unspecified atom stereocenters. The van der Waals surface area contributed by atoms with Gasteiger partial charge in [-0.1, -0.05) is 36.4 Å².